The average molecular weight is 356 g/mol. The molecular formula is C26H25F. The molecule has 3 rings (SSSR count). The topological polar surface area (TPSA) is 0 Å². The van der Waals surface area contributed by atoms with E-state index in [2.05, 4.69) is 43.0 Å². The molecule has 0 fully saturated rings. The highest BCUT2D eigenvalue weighted by Crippen LogP contribution is 2.24. The first-order chi connectivity index (χ1) is 13.2. The highest BCUT2D eigenvalue weighted by Gasteiger charge is 2.05. The Kier molecular flexibility index (Phi) is 6.44. The maximum atomic E-state index is 14.3. The summed E-state index contributed by atoms with van der Waals surface area (Å²) >= 11 is 0. The van der Waals surface area contributed by atoms with Crippen LogP contribution in [-0.4, -0.2) is 0 Å². The predicted molar refractivity (Wildman–Crippen MR) is 112 cm³/mol. The molecule has 0 nitrogen and oxygen atoms in total. The van der Waals surface area contributed by atoms with Gasteiger partial charge in [-0.05, 0) is 66.3 Å². The fourth-order valence-corrected chi connectivity index (χ4v) is 3.03. The first kappa shape index (κ1) is 18.9. The van der Waals surface area contributed by atoms with Crippen molar-refractivity contribution >= 4 is 0 Å². The minimum Gasteiger partial charge on any atom is -0.206 e. The summed E-state index contributed by atoms with van der Waals surface area (Å²) in [4.78, 5) is 0. The number of hydrogen-bond donors (Lipinski definition) is 0. The van der Waals surface area contributed by atoms with Gasteiger partial charge in [-0.15, -0.1) is 0 Å². The summed E-state index contributed by atoms with van der Waals surface area (Å²) in [6.45, 7) is 4.24. The third-order valence-electron chi connectivity index (χ3n) is 4.76. The molecule has 0 spiro atoms. The Morgan fingerprint density at radius 1 is 0.741 bits per heavy atom. The fraction of sp³-hybridized carbons (Fsp3) is 0.231. The van der Waals surface area contributed by atoms with Gasteiger partial charge in [-0.25, -0.2) is 4.39 Å². The highest BCUT2D eigenvalue weighted by atomic mass is 19.1. The molecule has 3 aromatic carbocycles. The van der Waals surface area contributed by atoms with E-state index in [1.54, 1.807) is 6.07 Å². The molecule has 0 bridgehead atoms. The quantitative estimate of drug-likeness (QED) is 0.441. The number of aryl methyl sites for hydroxylation is 2. The van der Waals surface area contributed by atoms with Crippen molar-refractivity contribution in [2.24, 2.45) is 0 Å². The van der Waals surface area contributed by atoms with Crippen LogP contribution in [-0.2, 0) is 12.8 Å². The van der Waals surface area contributed by atoms with E-state index in [0.29, 0.717) is 5.56 Å². The van der Waals surface area contributed by atoms with Gasteiger partial charge in [0.15, 0.2) is 0 Å². The SMILES string of the molecule is CCCCc1ccc(C#Cc2ccc(-c3ccc(CC)cc3F)cc2)cc1. The number of benzene rings is 3. The third kappa shape index (κ3) is 5.08. The summed E-state index contributed by atoms with van der Waals surface area (Å²) in [6.07, 6.45) is 4.40. The summed E-state index contributed by atoms with van der Waals surface area (Å²) in [5, 5.41) is 0. The smallest absolute Gasteiger partial charge is 0.131 e. The van der Waals surface area contributed by atoms with Gasteiger partial charge in [0.05, 0.1) is 0 Å². The van der Waals surface area contributed by atoms with Crippen LogP contribution in [0.25, 0.3) is 11.1 Å². The van der Waals surface area contributed by atoms with Gasteiger partial charge in [-0.1, -0.05) is 68.5 Å². The molecule has 27 heavy (non-hydrogen) atoms. The summed E-state index contributed by atoms with van der Waals surface area (Å²) in [5.41, 5.74) is 5.83. The van der Waals surface area contributed by atoms with Crippen LogP contribution < -0.4 is 0 Å². The molecule has 0 heterocycles. The maximum absolute atomic E-state index is 14.3. The molecule has 136 valence electrons. The monoisotopic (exact) mass is 356 g/mol. The van der Waals surface area contributed by atoms with E-state index in [1.807, 2.05) is 43.3 Å². The molecule has 0 aliphatic rings. The molecule has 0 aliphatic carbocycles. The van der Waals surface area contributed by atoms with E-state index >= 15 is 0 Å². The van der Waals surface area contributed by atoms with Gasteiger partial charge in [0, 0.05) is 16.7 Å². The second-order valence-corrected chi connectivity index (χ2v) is 6.80. The maximum Gasteiger partial charge on any atom is 0.131 e. The third-order valence-corrected chi connectivity index (χ3v) is 4.76. The minimum atomic E-state index is -0.170. The Bertz CT molecular complexity index is 938. The first-order valence-corrected chi connectivity index (χ1v) is 9.69. The van der Waals surface area contributed by atoms with E-state index in [0.717, 1.165) is 35.1 Å². The molecule has 0 saturated heterocycles. The van der Waals surface area contributed by atoms with Crippen molar-refractivity contribution in [3.05, 3.63) is 94.8 Å². The molecule has 0 N–H and O–H groups in total. The molecule has 0 saturated carbocycles. The molecule has 0 aromatic heterocycles. The molecule has 3 aromatic rings. The summed E-state index contributed by atoms with van der Waals surface area (Å²) in [6, 6.07) is 21.7. The lowest BCUT2D eigenvalue weighted by molar-refractivity contribution is 0.629. The fourth-order valence-electron chi connectivity index (χ4n) is 3.03. The number of halogens is 1. The van der Waals surface area contributed by atoms with Crippen LogP contribution in [0.3, 0.4) is 0 Å². The zero-order valence-electron chi connectivity index (χ0n) is 16.1. The molecule has 0 radical (unpaired) electrons. The Morgan fingerprint density at radius 2 is 1.33 bits per heavy atom. The van der Waals surface area contributed by atoms with Crippen molar-refractivity contribution in [3.8, 4) is 23.0 Å². The van der Waals surface area contributed by atoms with Crippen LogP contribution >= 0.6 is 0 Å². The van der Waals surface area contributed by atoms with Gasteiger partial charge in [0.2, 0.25) is 0 Å². The van der Waals surface area contributed by atoms with Crippen LogP contribution in [0.5, 0.6) is 0 Å². The minimum absolute atomic E-state index is 0.170. The van der Waals surface area contributed by atoms with Crippen molar-refractivity contribution in [3.63, 3.8) is 0 Å². The van der Waals surface area contributed by atoms with Crippen molar-refractivity contribution in [2.75, 3.05) is 0 Å². The number of rotatable bonds is 5. The Labute approximate surface area is 162 Å². The normalized spacial score (nSPS) is 10.3. The van der Waals surface area contributed by atoms with E-state index in [9.17, 15) is 4.39 Å². The summed E-state index contributed by atoms with van der Waals surface area (Å²) in [5.74, 6) is 6.23. The highest BCUT2D eigenvalue weighted by molar-refractivity contribution is 5.65. The van der Waals surface area contributed by atoms with Crippen LogP contribution in [0.1, 0.15) is 48.9 Å². The van der Waals surface area contributed by atoms with Gasteiger partial charge in [-0.3, -0.25) is 0 Å². The largest absolute Gasteiger partial charge is 0.206 e. The molecule has 0 aliphatic heterocycles. The van der Waals surface area contributed by atoms with Gasteiger partial charge < -0.3 is 0 Å². The molecule has 1 heteroatoms. The van der Waals surface area contributed by atoms with Crippen LogP contribution in [0, 0.1) is 17.7 Å². The Hall–Kier alpha value is -2.85. The Morgan fingerprint density at radius 3 is 1.89 bits per heavy atom. The van der Waals surface area contributed by atoms with Crippen LogP contribution in [0.2, 0.25) is 0 Å². The zero-order chi connectivity index (χ0) is 19.1. The lowest BCUT2D eigenvalue weighted by Crippen LogP contribution is -1.88. The van der Waals surface area contributed by atoms with Gasteiger partial charge >= 0.3 is 0 Å². The second kappa shape index (κ2) is 9.19. The van der Waals surface area contributed by atoms with Gasteiger partial charge in [-0.2, -0.15) is 0 Å². The van der Waals surface area contributed by atoms with Crippen LogP contribution in [0.4, 0.5) is 4.39 Å². The summed E-state index contributed by atoms with van der Waals surface area (Å²) < 4.78 is 14.3. The molecule has 0 unspecified atom stereocenters. The van der Waals surface area contributed by atoms with Crippen LogP contribution in [0.15, 0.2) is 66.7 Å². The lowest BCUT2D eigenvalue weighted by Gasteiger charge is -2.05. The van der Waals surface area contributed by atoms with E-state index in [-0.39, 0.29) is 5.82 Å². The van der Waals surface area contributed by atoms with E-state index in [1.165, 1.54) is 18.4 Å². The summed E-state index contributed by atoms with van der Waals surface area (Å²) in [7, 11) is 0. The second-order valence-electron chi connectivity index (χ2n) is 6.80. The molecule has 0 atom stereocenters. The zero-order valence-corrected chi connectivity index (χ0v) is 16.1. The molecular weight excluding hydrogens is 331 g/mol. The molecule has 0 amide bonds. The average Bonchev–Trinajstić information content (AvgIpc) is 2.72. The van der Waals surface area contributed by atoms with Crippen molar-refractivity contribution in [1.29, 1.82) is 0 Å². The van der Waals surface area contributed by atoms with Gasteiger partial charge in [0.1, 0.15) is 5.82 Å². The van der Waals surface area contributed by atoms with E-state index < -0.39 is 0 Å². The Balaban J connectivity index is 1.72. The van der Waals surface area contributed by atoms with Gasteiger partial charge in [0.25, 0.3) is 0 Å². The lowest BCUT2D eigenvalue weighted by atomic mass is 10.0. The van der Waals surface area contributed by atoms with Crippen molar-refractivity contribution < 1.29 is 4.39 Å². The van der Waals surface area contributed by atoms with Crippen molar-refractivity contribution in [2.45, 2.75) is 39.5 Å². The van der Waals surface area contributed by atoms with E-state index in [4.69, 9.17) is 0 Å². The number of unbranched alkanes of at least 4 members (excludes halogenated alkanes) is 1. The predicted octanol–water partition coefficient (Wildman–Crippen LogP) is 6.80. The first-order valence-electron chi connectivity index (χ1n) is 9.69. The number of hydrogen-bond acceptors (Lipinski definition) is 0. The van der Waals surface area contributed by atoms with Crippen molar-refractivity contribution in [1.82, 2.24) is 0 Å². The standard InChI is InChI=1S/C26H25F/c1-3-5-6-21-7-9-22(10-8-21)11-12-23-13-16-24(17-14-23)25-18-15-20(4-2)19-26(25)27/h7-10,13-19H,3-6H2,1-2H3.